The van der Waals surface area contributed by atoms with E-state index in [1.807, 2.05) is 0 Å². The van der Waals surface area contributed by atoms with Crippen LogP contribution in [0.3, 0.4) is 0 Å². The van der Waals surface area contributed by atoms with Gasteiger partial charge in [-0.3, -0.25) is 4.98 Å². The van der Waals surface area contributed by atoms with Gasteiger partial charge >= 0.3 is 6.18 Å². The average Bonchev–Trinajstić information content (AvgIpc) is 2.75. The van der Waals surface area contributed by atoms with Gasteiger partial charge in [-0.1, -0.05) is 0 Å². The van der Waals surface area contributed by atoms with Crippen LogP contribution >= 0.6 is 0 Å². The van der Waals surface area contributed by atoms with Crippen LogP contribution < -0.4 is 0 Å². The molecule has 0 saturated heterocycles. The van der Waals surface area contributed by atoms with E-state index in [0.717, 1.165) is 12.3 Å². The van der Waals surface area contributed by atoms with Crippen molar-refractivity contribution < 1.29 is 17.6 Å². The summed E-state index contributed by atoms with van der Waals surface area (Å²) >= 11 is 0. The van der Waals surface area contributed by atoms with Gasteiger partial charge in [-0.2, -0.15) is 13.2 Å². The molecule has 0 unspecified atom stereocenters. The van der Waals surface area contributed by atoms with E-state index in [-0.39, 0.29) is 24.1 Å². The molecule has 21 heavy (non-hydrogen) atoms. The van der Waals surface area contributed by atoms with Crippen molar-refractivity contribution >= 4 is 6.08 Å². The highest BCUT2D eigenvalue weighted by Gasteiger charge is 2.36. The van der Waals surface area contributed by atoms with Crippen LogP contribution in [-0.4, -0.2) is 20.7 Å². The summed E-state index contributed by atoms with van der Waals surface area (Å²) in [5.74, 6) is -0.248. The monoisotopic (exact) mass is 297 g/mol. The quantitative estimate of drug-likeness (QED) is 0.754. The van der Waals surface area contributed by atoms with Crippen LogP contribution in [0.25, 0.3) is 17.5 Å². The topological polar surface area (TPSA) is 30.7 Å². The smallest absolute Gasteiger partial charge is 0.330 e. The molecule has 0 spiro atoms. The van der Waals surface area contributed by atoms with Gasteiger partial charge in [0.05, 0.1) is 17.5 Å². The Morgan fingerprint density at radius 1 is 1.24 bits per heavy atom. The molecule has 3 rings (SSSR count). The first-order valence-electron chi connectivity index (χ1n) is 6.31. The Kier molecular flexibility index (Phi) is 3.07. The van der Waals surface area contributed by atoms with Gasteiger partial charge < -0.3 is 4.57 Å². The Bertz CT molecular complexity index is 728. The number of fused-ring (bicyclic) bond motifs is 1. The molecular weight excluding hydrogens is 286 g/mol. The highest BCUT2D eigenvalue weighted by atomic mass is 19.4. The maximum atomic E-state index is 13.8. The lowest BCUT2D eigenvalue weighted by molar-refractivity contribution is -0.0931. The second kappa shape index (κ2) is 4.68. The zero-order valence-corrected chi connectivity index (χ0v) is 11.1. The van der Waals surface area contributed by atoms with Crippen LogP contribution in [0, 0.1) is 5.82 Å². The number of halogens is 4. The molecule has 0 atom stereocenters. The number of imidazole rings is 1. The van der Waals surface area contributed by atoms with Crippen molar-refractivity contribution in [2.24, 2.45) is 7.05 Å². The number of hydrogen-bond acceptors (Lipinski definition) is 2. The number of alkyl halides is 3. The fourth-order valence-corrected chi connectivity index (χ4v) is 2.48. The van der Waals surface area contributed by atoms with Crippen LogP contribution in [0.15, 0.2) is 24.0 Å². The molecule has 3 nitrogen and oxygen atoms in total. The molecule has 0 saturated carbocycles. The zero-order valence-electron chi connectivity index (χ0n) is 11.1. The largest absolute Gasteiger partial charge is 0.412 e. The van der Waals surface area contributed by atoms with Crippen LogP contribution in [0.1, 0.15) is 17.8 Å². The normalized spacial score (nSPS) is 14.8. The molecule has 2 aromatic heterocycles. The van der Waals surface area contributed by atoms with Crippen molar-refractivity contribution in [3.05, 3.63) is 41.2 Å². The summed E-state index contributed by atoms with van der Waals surface area (Å²) in [7, 11) is 1.67. The number of aromatic nitrogens is 3. The van der Waals surface area contributed by atoms with Crippen molar-refractivity contribution in [1.29, 1.82) is 0 Å². The van der Waals surface area contributed by atoms with Gasteiger partial charge in [0.15, 0.2) is 5.82 Å². The number of pyridine rings is 1. The van der Waals surface area contributed by atoms with Gasteiger partial charge in [0.25, 0.3) is 0 Å². The molecule has 2 aromatic rings. The minimum atomic E-state index is -4.35. The first-order valence-corrected chi connectivity index (χ1v) is 6.31. The molecule has 110 valence electrons. The highest BCUT2D eigenvalue weighted by molar-refractivity contribution is 5.64. The SMILES string of the molecule is Cn1c(-c2ccncc2F)nc2c1CCC(C(F)(F)F)=C2. The van der Waals surface area contributed by atoms with E-state index in [9.17, 15) is 17.6 Å². The third-order valence-electron chi connectivity index (χ3n) is 3.56. The van der Waals surface area contributed by atoms with Gasteiger partial charge in [0, 0.05) is 24.5 Å². The van der Waals surface area contributed by atoms with Gasteiger partial charge in [0.2, 0.25) is 0 Å². The fourth-order valence-electron chi connectivity index (χ4n) is 2.48. The Labute approximate surface area is 118 Å². The Morgan fingerprint density at radius 2 is 2.00 bits per heavy atom. The van der Waals surface area contributed by atoms with Gasteiger partial charge in [-0.05, 0) is 25.0 Å². The van der Waals surface area contributed by atoms with Crippen molar-refractivity contribution in [3.63, 3.8) is 0 Å². The Morgan fingerprint density at radius 3 is 2.67 bits per heavy atom. The molecule has 0 radical (unpaired) electrons. The van der Waals surface area contributed by atoms with Crippen LogP contribution in [0.2, 0.25) is 0 Å². The predicted molar refractivity (Wildman–Crippen MR) is 68.8 cm³/mol. The van der Waals surface area contributed by atoms with Crippen molar-refractivity contribution in [2.75, 3.05) is 0 Å². The summed E-state index contributed by atoms with van der Waals surface area (Å²) < 4.78 is 53.7. The minimum absolute atomic E-state index is 0.0890. The maximum absolute atomic E-state index is 13.8. The van der Waals surface area contributed by atoms with E-state index in [1.54, 1.807) is 11.6 Å². The Hall–Kier alpha value is -2.18. The standard InChI is InChI=1S/C14H11F4N3/c1-21-12-3-2-8(14(16,17)18)6-11(12)20-13(21)9-4-5-19-7-10(9)15/h4-7H,2-3H2,1H3. The molecule has 7 heteroatoms. The second-order valence-corrected chi connectivity index (χ2v) is 4.85. The van der Waals surface area contributed by atoms with Gasteiger partial charge in [-0.15, -0.1) is 0 Å². The molecule has 0 bridgehead atoms. The van der Waals surface area contributed by atoms with E-state index in [2.05, 4.69) is 9.97 Å². The molecular formula is C14H11F4N3. The average molecular weight is 297 g/mol. The fraction of sp³-hybridized carbons (Fsp3) is 0.286. The summed E-state index contributed by atoms with van der Waals surface area (Å²) in [6.45, 7) is 0. The Balaban J connectivity index is 2.12. The van der Waals surface area contributed by atoms with Crippen molar-refractivity contribution in [2.45, 2.75) is 19.0 Å². The first kappa shape index (κ1) is 13.8. The molecule has 2 heterocycles. The summed E-state index contributed by atoms with van der Waals surface area (Å²) in [6, 6.07) is 1.46. The molecule has 0 fully saturated rings. The minimum Gasteiger partial charge on any atom is -0.330 e. The summed E-state index contributed by atoms with van der Waals surface area (Å²) in [6.07, 6.45) is -0.688. The molecule has 0 aliphatic heterocycles. The van der Waals surface area contributed by atoms with E-state index >= 15 is 0 Å². The lowest BCUT2D eigenvalue weighted by atomic mass is 10.00. The third-order valence-corrected chi connectivity index (χ3v) is 3.56. The third kappa shape index (κ3) is 2.32. The highest BCUT2D eigenvalue weighted by Crippen LogP contribution is 2.36. The van der Waals surface area contributed by atoms with E-state index in [1.165, 1.54) is 12.3 Å². The number of rotatable bonds is 1. The molecule has 0 aromatic carbocycles. The van der Waals surface area contributed by atoms with Crippen LogP contribution in [0.5, 0.6) is 0 Å². The second-order valence-electron chi connectivity index (χ2n) is 4.85. The number of nitrogens with zero attached hydrogens (tertiary/aromatic N) is 3. The molecule has 0 amide bonds. The predicted octanol–water partition coefficient (Wildman–Crippen LogP) is 3.51. The van der Waals surface area contributed by atoms with E-state index in [4.69, 9.17) is 0 Å². The zero-order chi connectivity index (χ0) is 15.2. The number of allylic oxidation sites excluding steroid dienone is 1. The van der Waals surface area contributed by atoms with Gasteiger partial charge in [-0.25, -0.2) is 9.37 Å². The maximum Gasteiger partial charge on any atom is 0.412 e. The van der Waals surface area contributed by atoms with Crippen molar-refractivity contribution in [3.8, 4) is 11.4 Å². The summed E-state index contributed by atoms with van der Waals surface area (Å²) in [4.78, 5) is 7.82. The molecule has 0 N–H and O–H groups in total. The summed E-state index contributed by atoms with van der Waals surface area (Å²) in [5, 5.41) is 0. The van der Waals surface area contributed by atoms with E-state index in [0.29, 0.717) is 11.5 Å². The molecule has 1 aliphatic rings. The van der Waals surface area contributed by atoms with E-state index < -0.39 is 17.6 Å². The van der Waals surface area contributed by atoms with Crippen molar-refractivity contribution in [1.82, 2.24) is 14.5 Å². The lowest BCUT2D eigenvalue weighted by Gasteiger charge is -2.16. The molecule has 1 aliphatic carbocycles. The van der Waals surface area contributed by atoms with Gasteiger partial charge in [0.1, 0.15) is 5.82 Å². The van der Waals surface area contributed by atoms with Crippen LogP contribution in [0.4, 0.5) is 17.6 Å². The van der Waals surface area contributed by atoms with Crippen LogP contribution in [-0.2, 0) is 13.5 Å². The lowest BCUT2D eigenvalue weighted by Crippen LogP contribution is -2.16. The first-order chi connectivity index (χ1) is 9.88. The number of hydrogen-bond donors (Lipinski definition) is 0. The summed E-state index contributed by atoms with van der Waals surface area (Å²) in [5.41, 5.74) is 0.551.